The highest BCUT2D eigenvalue weighted by atomic mass is 35.5. The third-order valence-electron chi connectivity index (χ3n) is 5.79. The fourth-order valence-electron chi connectivity index (χ4n) is 3.77. The number of hydrogen-bond acceptors (Lipinski definition) is 6. The van der Waals surface area contributed by atoms with E-state index in [1.165, 1.54) is 29.3 Å². The fourth-order valence-corrected chi connectivity index (χ4v) is 4.94. The summed E-state index contributed by atoms with van der Waals surface area (Å²) in [6.07, 6.45) is 2.49. The summed E-state index contributed by atoms with van der Waals surface area (Å²) in [6, 6.07) is 11.2. The average molecular weight is 544 g/mol. The first kappa shape index (κ1) is 26.5. The average Bonchev–Trinajstić information content (AvgIpc) is 3.51. The van der Waals surface area contributed by atoms with Crippen LogP contribution < -0.4 is 5.32 Å². The SMILES string of the molecule is CC(C)(C)c1ccc(-n2nnnc2SCC(=O)Nc2ccc(C#CCN3CCCC3)cc2Cl)c(Cl)c1. The molecule has 36 heavy (non-hydrogen) atoms. The molecular weight excluding hydrogens is 515 g/mol. The van der Waals surface area contributed by atoms with Gasteiger partial charge in [-0.2, -0.15) is 4.68 Å². The predicted molar refractivity (Wildman–Crippen MR) is 146 cm³/mol. The monoisotopic (exact) mass is 542 g/mol. The van der Waals surface area contributed by atoms with Gasteiger partial charge in [-0.15, -0.1) is 5.10 Å². The summed E-state index contributed by atoms with van der Waals surface area (Å²) in [4.78, 5) is 14.9. The number of anilines is 1. The van der Waals surface area contributed by atoms with Crippen molar-refractivity contribution in [3.8, 4) is 17.5 Å². The van der Waals surface area contributed by atoms with E-state index in [0.29, 0.717) is 26.6 Å². The van der Waals surface area contributed by atoms with E-state index in [1.54, 1.807) is 12.1 Å². The number of tetrazole rings is 1. The number of carbonyl (C=O) groups excluding carboxylic acids is 1. The Morgan fingerprint density at radius 3 is 2.58 bits per heavy atom. The lowest BCUT2D eigenvalue weighted by Crippen LogP contribution is -2.18. The highest BCUT2D eigenvalue weighted by molar-refractivity contribution is 7.99. The largest absolute Gasteiger partial charge is 0.324 e. The molecule has 10 heteroatoms. The summed E-state index contributed by atoms with van der Waals surface area (Å²) < 4.78 is 1.54. The molecule has 4 rings (SSSR count). The maximum atomic E-state index is 12.6. The quantitative estimate of drug-likeness (QED) is 0.330. The van der Waals surface area contributed by atoms with Gasteiger partial charge >= 0.3 is 0 Å². The molecule has 1 saturated heterocycles. The number of nitrogens with one attached hydrogen (secondary N) is 1. The number of rotatable bonds is 6. The zero-order valence-electron chi connectivity index (χ0n) is 20.5. The van der Waals surface area contributed by atoms with Crippen molar-refractivity contribution in [3.63, 3.8) is 0 Å². The minimum absolute atomic E-state index is 0.0297. The van der Waals surface area contributed by atoms with Crippen LogP contribution >= 0.6 is 35.0 Å². The number of carbonyl (C=O) groups is 1. The maximum Gasteiger partial charge on any atom is 0.234 e. The molecule has 0 spiro atoms. The van der Waals surface area contributed by atoms with Gasteiger partial charge < -0.3 is 5.32 Å². The molecule has 0 bridgehead atoms. The molecule has 1 aliphatic rings. The number of hydrogen-bond donors (Lipinski definition) is 1. The lowest BCUT2D eigenvalue weighted by molar-refractivity contribution is -0.113. The minimum Gasteiger partial charge on any atom is -0.324 e. The molecule has 1 fully saturated rings. The maximum absolute atomic E-state index is 12.6. The molecule has 1 N–H and O–H groups in total. The van der Waals surface area contributed by atoms with E-state index in [4.69, 9.17) is 23.2 Å². The van der Waals surface area contributed by atoms with Crippen molar-refractivity contribution < 1.29 is 4.79 Å². The lowest BCUT2D eigenvalue weighted by atomic mass is 9.87. The summed E-state index contributed by atoms with van der Waals surface area (Å²) in [7, 11) is 0. The number of thioether (sulfide) groups is 1. The van der Waals surface area contributed by atoms with Crippen molar-refractivity contribution in [2.24, 2.45) is 0 Å². The van der Waals surface area contributed by atoms with Gasteiger partial charge in [-0.05, 0) is 77.7 Å². The van der Waals surface area contributed by atoms with E-state index in [2.05, 4.69) is 58.4 Å². The fraction of sp³-hybridized carbons (Fsp3) is 0.385. The van der Waals surface area contributed by atoms with E-state index in [1.807, 2.05) is 24.3 Å². The molecule has 2 aromatic carbocycles. The molecule has 188 valence electrons. The Morgan fingerprint density at radius 2 is 1.89 bits per heavy atom. The number of halogens is 2. The Balaban J connectivity index is 1.36. The topological polar surface area (TPSA) is 75.9 Å². The van der Waals surface area contributed by atoms with Gasteiger partial charge in [0.15, 0.2) is 0 Å². The van der Waals surface area contributed by atoms with Crippen LogP contribution in [0.5, 0.6) is 0 Å². The number of likely N-dealkylation sites (tertiary alicyclic amines) is 1. The van der Waals surface area contributed by atoms with Crippen LogP contribution in [0.4, 0.5) is 5.69 Å². The predicted octanol–water partition coefficient (Wildman–Crippen LogP) is 5.44. The Labute approximate surface area is 225 Å². The summed E-state index contributed by atoms with van der Waals surface area (Å²) in [5.41, 5.74) is 3.09. The Hall–Kier alpha value is -2.57. The van der Waals surface area contributed by atoms with Crippen molar-refractivity contribution >= 4 is 46.6 Å². The standard InChI is InChI=1S/C26H28Cl2N6OS/c1-26(2,3)19-9-11-23(21(28)16-19)34-25(30-31-32-34)36-17-24(35)29-22-10-8-18(15-20(22)27)7-6-14-33-12-4-5-13-33/h8-11,15-16H,4-5,12-14,17H2,1-3H3,(H,29,35). The molecule has 0 aliphatic carbocycles. The highest BCUT2D eigenvalue weighted by Crippen LogP contribution is 2.30. The first-order chi connectivity index (χ1) is 17.2. The van der Waals surface area contributed by atoms with Crippen LogP contribution in [-0.4, -0.2) is 56.4 Å². The first-order valence-corrected chi connectivity index (χ1v) is 13.5. The van der Waals surface area contributed by atoms with Gasteiger partial charge in [0, 0.05) is 5.56 Å². The second-order valence-electron chi connectivity index (χ2n) is 9.61. The normalized spacial score (nSPS) is 13.9. The number of benzene rings is 2. The van der Waals surface area contributed by atoms with Gasteiger partial charge in [0.05, 0.1) is 33.7 Å². The third-order valence-corrected chi connectivity index (χ3v) is 7.33. The molecule has 0 atom stereocenters. The van der Waals surface area contributed by atoms with E-state index in [0.717, 1.165) is 30.8 Å². The molecule has 3 aromatic rings. The van der Waals surface area contributed by atoms with E-state index in [9.17, 15) is 4.79 Å². The van der Waals surface area contributed by atoms with Crippen molar-refractivity contribution in [2.45, 2.75) is 44.2 Å². The van der Waals surface area contributed by atoms with Gasteiger partial charge in [-0.3, -0.25) is 9.69 Å². The van der Waals surface area contributed by atoms with Crippen molar-refractivity contribution in [3.05, 3.63) is 57.6 Å². The first-order valence-electron chi connectivity index (χ1n) is 11.7. The van der Waals surface area contributed by atoms with Crippen molar-refractivity contribution in [1.82, 2.24) is 25.1 Å². The number of nitrogens with zero attached hydrogens (tertiary/aromatic N) is 5. The highest BCUT2D eigenvalue weighted by Gasteiger charge is 2.18. The van der Waals surface area contributed by atoms with Crippen LogP contribution in [0.2, 0.25) is 10.0 Å². The van der Waals surface area contributed by atoms with Crippen LogP contribution in [0.25, 0.3) is 5.69 Å². The molecule has 0 saturated carbocycles. The zero-order valence-corrected chi connectivity index (χ0v) is 22.8. The van der Waals surface area contributed by atoms with E-state index >= 15 is 0 Å². The van der Waals surface area contributed by atoms with Crippen LogP contribution in [0.15, 0.2) is 41.6 Å². The van der Waals surface area contributed by atoms with Crippen LogP contribution in [0.1, 0.15) is 44.7 Å². The van der Waals surface area contributed by atoms with Gasteiger partial charge in [0.25, 0.3) is 0 Å². The smallest absolute Gasteiger partial charge is 0.234 e. The molecular formula is C26H28Cl2N6OS. The number of amides is 1. The molecule has 2 heterocycles. The molecule has 1 amide bonds. The van der Waals surface area contributed by atoms with Crippen LogP contribution in [0, 0.1) is 11.8 Å². The van der Waals surface area contributed by atoms with Gasteiger partial charge in [0.2, 0.25) is 11.1 Å². The lowest BCUT2D eigenvalue weighted by Gasteiger charge is -2.20. The Morgan fingerprint density at radius 1 is 1.11 bits per heavy atom. The molecule has 7 nitrogen and oxygen atoms in total. The van der Waals surface area contributed by atoms with Gasteiger partial charge in [-0.1, -0.05) is 73.6 Å². The molecule has 0 unspecified atom stereocenters. The van der Waals surface area contributed by atoms with Crippen molar-refractivity contribution in [1.29, 1.82) is 0 Å². The van der Waals surface area contributed by atoms with Crippen LogP contribution in [0.3, 0.4) is 0 Å². The Kier molecular flexibility index (Phi) is 8.58. The summed E-state index contributed by atoms with van der Waals surface area (Å²) in [5, 5.41) is 16.2. The summed E-state index contributed by atoms with van der Waals surface area (Å²) in [6.45, 7) is 9.36. The second kappa shape index (κ2) is 11.7. The van der Waals surface area contributed by atoms with Crippen molar-refractivity contribution in [2.75, 3.05) is 30.7 Å². The zero-order chi connectivity index (χ0) is 25.7. The second-order valence-corrected chi connectivity index (χ2v) is 11.4. The van der Waals surface area contributed by atoms with Gasteiger partial charge in [-0.25, -0.2) is 0 Å². The number of aromatic nitrogens is 4. The molecule has 1 aliphatic heterocycles. The van der Waals surface area contributed by atoms with Gasteiger partial charge in [0.1, 0.15) is 0 Å². The third kappa shape index (κ3) is 6.80. The van der Waals surface area contributed by atoms with E-state index < -0.39 is 0 Å². The minimum atomic E-state index is -0.224. The molecule has 1 aromatic heterocycles. The summed E-state index contributed by atoms with van der Waals surface area (Å²) in [5.74, 6) is 6.22. The van der Waals surface area contributed by atoms with E-state index in [-0.39, 0.29) is 17.1 Å². The van der Waals surface area contributed by atoms with Crippen LogP contribution in [-0.2, 0) is 10.2 Å². The molecule has 0 radical (unpaired) electrons. The Bertz CT molecular complexity index is 1300. The summed E-state index contributed by atoms with van der Waals surface area (Å²) >= 11 is 14.1.